The molecule has 0 unspecified atom stereocenters. The van der Waals surface area contributed by atoms with Crippen LogP contribution in [0.25, 0.3) is 5.78 Å². The van der Waals surface area contributed by atoms with E-state index in [2.05, 4.69) is 41.3 Å². The fraction of sp³-hybridized carbons (Fsp3) is 0.469. The van der Waals surface area contributed by atoms with Gasteiger partial charge in [-0.2, -0.15) is 10.1 Å². The standard InChI is InChI=1S/C32H39N11O4/c1-18(2)28-31(47)37-25(12-21-8-6-5-7-9-21)29(45)33-14-22-15-42(40-39-22)23-13-26(30(46)38-28)41(16-23)27(44)11-10-24-19(3)36-32-34-17-35-43(32)20(24)4/h5-9,15,17-18,23,25-26,28H,10-14,16H2,1-4H3,(H,33,45)(H,37,47)(H,38,46)/t23-,25+,26-,28-/m0/s1. The zero-order valence-corrected chi connectivity index (χ0v) is 26.9. The molecule has 6 rings (SSSR count). The number of amides is 4. The van der Waals surface area contributed by atoms with Crippen LogP contribution in [-0.2, 0) is 38.6 Å². The second-order valence-electron chi connectivity index (χ2n) is 12.6. The lowest BCUT2D eigenvalue weighted by molar-refractivity contribution is -0.140. The number of likely N-dealkylation sites (tertiary alicyclic amines) is 1. The summed E-state index contributed by atoms with van der Waals surface area (Å²) in [5.74, 6) is -1.28. The average Bonchev–Trinajstić information content (AvgIpc) is 3.82. The number of fused-ring (bicyclic) bond motifs is 6. The van der Waals surface area contributed by atoms with E-state index < -0.39 is 29.9 Å². The molecule has 4 atom stereocenters. The van der Waals surface area contributed by atoms with Crippen LogP contribution in [0.2, 0.25) is 0 Å². The van der Waals surface area contributed by atoms with Gasteiger partial charge in [-0.15, -0.1) is 5.10 Å². The molecule has 47 heavy (non-hydrogen) atoms. The molecular weight excluding hydrogens is 602 g/mol. The van der Waals surface area contributed by atoms with Crippen molar-refractivity contribution >= 4 is 29.4 Å². The molecule has 15 heteroatoms. The number of nitrogens with zero attached hydrogens (tertiary/aromatic N) is 8. The van der Waals surface area contributed by atoms with Crippen molar-refractivity contribution < 1.29 is 19.2 Å². The van der Waals surface area contributed by atoms with Gasteiger partial charge in [0.05, 0.1) is 18.8 Å². The fourth-order valence-electron chi connectivity index (χ4n) is 6.40. The highest BCUT2D eigenvalue weighted by Crippen LogP contribution is 2.29. The first-order valence-electron chi connectivity index (χ1n) is 15.9. The summed E-state index contributed by atoms with van der Waals surface area (Å²) >= 11 is 0. The van der Waals surface area contributed by atoms with Crippen LogP contribution in [0.4, 0.5) is 0 Å². The van der Waals surface area contributed by atoms with E-state index in [9.17, 15) is 19.2 Å². The first kappa shape index (κ1) is 31.8. The number of aryl methyl sites for hydroxylation is 2. The minimum atomic E-state index is -0.933. The molecule has 0 spiro atoms. The lowest BCUT2D eigenvalue weighted by Crippen LogP contribution is -2.58. The molecule has 1 saturated heterocycles. The topological polar surface area (TPSA) is 181 Å². The van der Waals surface area contributed by atoms with Gasteiger partial charge in [0.15, 0.2) is 0 Å². The predicted octanol–water partition coefficient (Wildman–Crippen LogP) is 0.606. The third-order valence-corrected chi connectivity index (χ3v) is 9.02. The first-order valence-corrected chi connectivity index (χ1v) is 15.9. The maximum atomic E-state index is 13.9. The summed E-state index contributed by atoms with van der Waals surface area (Å²) in [4.78, 5) is 65.1. The minimum Gasteiger partial charge on any atom is -0.349 e. The van der Waals surface area contributed by atoms with Gasteiger partial charge in [0.1, 0.15) is 30.1 Å². The summed E-state index contributed by atoms with van der Waals surface area (Å²) < 4.78 is 3.30. The highest BCUT2D eigenvalue weighted by Gasteiger charge is 2.42. The molecule has 1 aromatic carbocycles. The van der Waals surface area contributed by atoms with Gasteiger partial charge < -0.3 is 20.9 Å². The van der Waals surface area contributed by atoms with E-state index >= 15 is 0 Å². The van der Waals surface area contributed by atoms with Crippen molar-refractivity contribution in [3.63, 3.8) is 0 Å². The van der Waals surface area contributed by atoms with Crippen molar-refractivity contribution in [3.8, 4) is 0 Å². The molecule has 4 amide bonds. The van der Waals surface area contributed by atoms with Crippen LogP contribution in [0.3, 0.4) is 0 Å². The normalized spacial score (nSPS) is 22.1. The van der Waals surface area contributed by atoms with Crippen LogP contribution in [0, 0.1) is 19.8 Å². The number of hydrogen-bond acceptors (Lipinski definition) is 9. The van der Waals surface area contributed by atoms with Crippen LogP contribution in [-0.4, -0.2) is 87.8 Å². The van der Waals surface area contributed by atoms with Crippen LogP contribution < -0.4 is 16.0 Å². The molecule has 4 bridgehead atoms. The summed E-state index contributed by atoms with van der Waals surface area (Å²) in [5.41, 5.74) is 3.91. The summed E-state index contributed by atoms with van der Waals surface area (Å²) in [6.07, 6.45) is 4.26. The first-order chi connectivity index (χ1) is 22.6. The Morgan fingerprint density at radius 3 is 2.60 bits per heavy atom. The lowest BCUT2D eigenvalue weighted by Gasteiger charge is -2.29. The van der Waals surface area contributed by atoms with E-state index in [0.29, 0.717) is 24.3 Å². The van der Waals surface area contributed by atoms with E-state index in [1.807, 2.05) is 58.0 Å². The highest BCUT2D eigenvalue weighted by atomic mass is 16.2. The number of hydrogen-bond donors (Lipinski definition) is 3. The molecule has 4 aromatic rings. The lowest BCUT2D eigenvalue weighted by atomic mass is 10.00. The van der Waals surface area contributed by atoms with Gasteiger partial charge in [0.2, 0.25) is 23.6 Å². The molecule has 0 aliphatic carbocycles. The monoisotopic (exact) mass is 641 g/mol. The summed E-state index contributed by atoms with van der Waals surface area (Å²) in [6, 6.07) is 6.40. The molecule has 1 fully saturated rings. The SMILES string of the molecule is Cc1nc2ncnn2c(C)c1CCC(=O)N1C[C@@H]2C[C@H]1C(=O)N[C@@H](C(C)C)C(=O)N[C@H](Cc1ccccc1)C(=O)NCc1cn2nn1. The molecule has 0 radical (unpaired) electrons. The van der Waals surface area contributed by atoms with Crippen molar-refractivity contribution in [3.05, 3.63) is 71.1 Å². The summed E-state index contributed by atoms with van der Waals surface area (Å²) in [5, 5.41) is 21.4. The van der Waals surface area contributed by atoms with Crippen LogP contribution >= 0.6 is 0 Å². The molecule has 2 aliphatic heterocycles. The Balaban J connectivity index is 1.26. The number of carbonyl (C=O) groups is 4. The maximum Gasteiger partial charge on any atom is 0.252 e. The summed E-state index contributed by atoms with van der Waals surface area (Å²) in [7, 11) is 0. The number of carbonyl (C=O) groups excluding carboxylic acids is 4. The van der Waals surface area contributed by atoms with E-state index in [1.165, 1.54) is 6.33 Å². The highest BCUT2D eigenvalue weighted by molar-refractivity contribution is 5.94. The molecule has 15 nitrogen and oxygen atoms in total. The zero-order valence-electron chi connectivity index (χ0n) is 26.9. The number of benzene rings is 1. The van der Waals surface area contributed by atoms with Crippen molar-refractivity contribution in [2.24, 2.45) is 5.92 Å². The number of aromatic nitrogens is 7. The molecule has 2 aliphatic rings. The summed E-state index contributed by atoms with van der Waals surface area (Å²) in [6.45, 7) is 7.79. The van der Waals surface area contributed by atoms with Crippen LogP contribution in [0.5, 0.6) is 0 Å². The van der Waals surface area contributed by atoms with Gasteiger partial charge >= 0.3 is 0 Å². The fourth-order valence-corrected chi connectivity index (χ4v) is 6.40. The van der Waals surface area contributed by atoms with Crippen LogP contribution in [0.15, 0.2) is 42.9 Å². The predicted molar refractivity (Wildman–Crippen MR) is 168 cm³/mol. The Hall–Kier alpha value is -5.21. The van der Waals surface area contributed by atoms with Gasteiger partial charge in [-0.25, -0.2) is 14.2 Å². The Labute approximate surface area is 271 Å². The maximum absolute atomic E-state index is 13.9. The van der Waals surface area contributed by atoms with E-state index in [0.717, 1.165) is 22.5 Å². The smallest absolute Gasteiger partial charge is 0.252 e. The van der Waals surface area contributed by atoms with Crippen molar-refractivity contribution in [1.29, 1.82) is 0 Å². The second kappa shape index (κ2) is 13.3. The second-order valence-corrected chi connectivity index (χ2v) is 12.6. The van der Waals surface area contributed by atoms with Crippen molar-refractivity contribution in [2.75, 3.05) is 6.54 Å². The van der Waals surface area contributed by atoms with Gasteiger partial charge in [-0.3, -0.25) is 19.2 Å². The molecule has 3 N–H and O–H groups in total. The van der Waals surface area contributed by atoms with Gasteiger partial charge in [-0.05, 0) is 37.3 Å². The number of nitrogens with one attached hydrogen (secondary N) is 3. The van der Waals surface area contributed by atoms with Gasteiger partial charge in [0.25, 0.3) is 5.78 Å². The Kier molecular flexibility index (Phi) is 8.96. The van der Waals surface area contributed by atoms with Crippen LogP contribution in [0.1, 0.15) is 60.9 Å². The molecule has 3 aromatic heterocycles. The Bertz CT molecular complexity index is 1800. The van der Waals surface area contributed by atoms with Gasteiger partial charge in [0, 0.05) is 37.2 Å². The minimum absolute atomic E-state index is 0.104. The quantitative estimate of drug-likeness (QED) is 0.272. The average molecular weight is 642 g/mol. The van der Waals surface area contributed by atoms with Crippen molar-refractivity contribution in [1.82, 2.24) is 55.4 Å². The van der Waals surface area contributed by atoms with Gasteiger partial charge in [-0.1, -0.05) is 49.4 Å². The van der Waals surface area contributed by atoms with Crippen molar-refractivity contribution in [2.45, 2.75) is 84.1 Å². The van der Waals surface area contributed by atoms with E-state index in [4.69, 9.17) is 0 Å². The molecule has 246 valence electrons. The zero-order chi connectivity index (χ0) is 33.2. The van der Waals surface area contributed by atoms with E-state index in [-0.39, 0.29) is 49.7 Å². The largest absolute Gasteiger partial charge is 0.349 e. The molecule has 5 heterocycles. The van der Waals surface area contributed by atoms with E-state index in [1.54, 1.807) is 20.3 Å². The Morgan fingerprint density at radius 1 is 1.04 bits per heavy atom. The third-order valence-electron chi connectivity index (χ3n) is 9.02. The molecule has 0 saturated carbocycles. The number of rotatable bonds is 6. The molecular formula is C32H39N11O4. The Morgan fingerprint density at radius 2 is 1.83 bits per heavy atom. The third kappa shape index (κ3) is 6.69.